The van der Waals surface area contributed by atoms with E-state index in [1.165, 1.54) is 11.3 Å². The number of nitrogens with one attached hydrogen (secondary N) is 1. The molecule has 1 saturated heterocycles. The number of carbonyl (C=O) groups is 2. The van der Waals surface area contributed by atoms with Crippen LogP contribution in [0, 0.1) is 6.92 Å². The molecule has 21 heavy (non-hydrogen) atoms. The fourth-order valence-electron chi connectivity index (χ4n) is 2.48. The maximum absolute atomic E-state index is 12.1. The molecule has 0 unspecified atom stereocenters. The molecule has 0 saturated carbocycles. The minimum atomic E-state index is -0.118. The lowest BCUT2D eigenvalue weighted by Crippen LogP contribution is -2.24. The molecule has 2 heterocycles. The highest BCUT2D eigenvalue weighted by atomic mass is 32.1. The third-order valence-electron chi connectivity index (χ3n) is 3.58. The van der Waals surface area contributed by atoms with Crippen LogP contribution in [0.1, 0.15) is 28.1 Å². The maximum atomic E-state index is 12.1. The van der Waals surface area contributed by atoms with Crippen LogP contribution in [0.15, 0.2) is 35.7 Å². The minimum absolute atomic E-state index is 0.118. The number of amides is 2. The zero-order valence-corrected chi connectivity index (χ0v) is 12.6. The van der Waals surface area contributed by atoms with Crippen molar-refractivity contribution in [2.75, 3.05) is 16.8 Å². The summed E-state index contributed by atoms with van der Waals surface area (Å²) < 4.78 is 0. The van der Waals surface area contributed by atoms with Gasteiger partial charge >= 0.3 is 0 Å². The molecule has 2 amide bonds. The highest BCUT2D eigenvalue weighted by Crippen LogP contribution is 2.28. The molecule has 0 spiro atoms. The van der Waals surface area contributed by atoms with Crippen molar-refractivity contribution in [2.24, 2.45) is 0 Å². The van der Waals surface area contributed by atoms with E-state index in [-0.39, 0.29) is 11.8 Å². The van der Waals surface area contributed by atoms with Gasteiger partial charge in [0, 0.05) is 24.3 Å². The normalized spacial score (nSPS) is 14.5. The van der Waals surface area contributed by atoms with Crippen molar-refractivity contribution in [3.8, 4) is 0 Å². The Morgan fingerprint density at radius 3 is 2.86 bits per heavy atom. The summed E-state index contributed by atoms with van der Waals surface area (Å²) in [7, 11) is 0. The Balaban J connectivity index is 1.84. The SMILES string of the molecule is Cc1ccc(NC(=O)c2cccs2)cc1N1CCCC1=O. The van der Waals surface area contributed by atoms with E-state index < -0.39 is 0 Å². The highest BCUT2D eigenvalue weighted by Gasteiger charge is 2.23. The summed E-state index contributed by atoms with van der Waals surface area (Å²) in [6.45, 7) is 2.73. The molecular weight excluding hydrogens is 284 g/mol. The van der Waals surface area contributed by atoms with Crippen LogP contribution in [-0.2, 0) is 4.79 Å². The lowest BCUT2D eigenvalue weighted by atomic mass is 10.1. The van der Waals surface area contributed by atoms with Crippen molar-refractivity contribution in [1.82, 2.24) is 0 Å². The summed E-state index contributed by atoms with van der Waals surface area (Å²) in [5.74, 6) is 0.0346. The summed E-state index contributed by atoms with van der Waals surface area (Å²) in [6.07, 6.45) is 1.50. The number of hydrogen-bond acceptors (Lipinski definition) is 3. The second-order valence-electron chi connectivity index (χ2n) is 5.08. The van der Waals surface area contributed by atoms with Gasteiger partial charge in [-0.25, -0.2) is 0 Å². The van der Waals surface area contributed by atoms with E-state index in [2.05, 4.69) is 5.32 Å². The minimum Gasteiger partial charge on any atom is -0.321 e. The molecule has 5 heteroatoms. The van der Waals surface area contributed by atoms with Crippen LogP contribution >= 0.6 is 11.3 Å². The Kier molecular flexibility index (Phi) is 3.75. The van der Waals surface area contributed by atoms with Gasteiger partial charge < -0.3 is 10.2 Å². The van der Waals surface area contributed by atoms with Gasteiger partial charge in [-0.2, -0.15) is 0 Å². The molecule has 1 aromatic carbocycles. The van der Waals surface area contributed by atoms with Gasteiger partial charge in [-0.15, -0.1) is 11.3 Å². The monoisotopic (exact) mass is 300 g/mol. The first kappa shape index (κ1) is 13.8. The number of hydrogen-bond donors (Lipinski definition) is 1. The van der Waals surface area contributed by atoms with Gasteiger partial charge in [0.05, 0.1) is 4.88 Å². The molecule has 1 aliphatic rings. The number of benzene rings is 1. The van der Waals surface area contributed by atoms with Gasteiger partial charge in [-0.1, -0.05) is 12.1 Å². The predicted molar refractivity (Wildman–Crippen MR) is 85.0 cm³/mol. The molecule has 1 aromatic heterocycles. The molecular formula is C16H16N2O2S. The van der Waals surface area contributed by atoms with Gasteiger partial charge in [-0.3, -0.25) is 9.59 Å². The smallest absolute Gasteiger partial charge is 0.265 e. The second-order valence-corrected chi connectivity index (χ2v) is 6.03. The Morgan fingerprint density at radius 1 is 1.33 bits per heavy atom. The first-order valence-corrected chi connectivity index (χ1v) is 7.79. The van der Waals surface area contributed by atoms with Gasteiger partial charge in [0.25, 0.3) is 5.91 Å². The van der Waals surface area contributed by atoms with Crippen LogP contribution in [0.5, 0.6) is 0 Å². The van der Waals surface area contributed by atoms with Gasteiger partial charge in [-0.05, 0) is 42.5 Å². The Hall–Kier alpha value is -2.14. The number of thiophene rings is 1. The lowest BCUT2D eigenvalue weighted by Gasteiger charge is -2.19. The molecule has 108 valence electrons. The van der Waals surface area contributed by atoms with Crippen LogP contribution in [-0.4, -0.2) is 18.4 Å². The second kappa shape index (κ2) is 5.69. The van der Waals surface area contributed by atoms with E-state index in [4.69, 9.17) is 0 Å². The molecule has 1 N–H and O–H groups in total. The number of aryl methyl sites for hydroxylation is 1. The molecule has 1 aliphatic heterocycles. The molecule has 0 bridgehead atoms. The van der Waals surface area contributed by atoms with E-state index in [1.54, 1.807) is 11.0 Å². The van der Waals surface area contributed by atoms with Crippen LogP contribution in [0.4, 0.5) is 11.4 Å². The van der Waals surface area contributed by atoms with Crippen LogP contribution in [0.2, 0.25) is 0 Å². The first-order valence-electron chi connectivity index (χ1n) is 6.91. The Labute approximate surface area is 127 Å². The fraction of sp³-hybridized carbons (Fsp3) is 0.250. The van der Waals surface area contributed by atoms with E-state index in [0.717, 1.165) is 24.2 Å². The van der Waals surface area contributed by atoms with Crippen molar-refractivity contribution >= 4 is 34.5 Å². The van der Waals surface area contributed by atoms with Crippen LogP contribution < -0.4 is 10.2 Å². The van der Waals surface area contributed by atoms with Crippen molar-refractivity contribution in [3.63, 3.8) is 0 Å². The molecule has 0 aliphatic carbocycles. The van der Waals surface area contributed by atoms with Crippen LogP contribution in [0.25, 0.3) is 0 Å². The number of anilines is 2. The molecule has 2 aromatic rings. The largest absolute Gasteiger partial charge is 0.321 e. The van der Waals surface area contributed by atoms with Gasteiger partial charge in [0.2, 0.25) is 5.91 Å². The fourth-order valence-corrected chi connectivity index (χ4v) is 3.10. The molecule has 0 radical (unpaired) electrons. The van der Waals surface area contributed by atoms with Crippen molar-refractivity contribution in [2.45, 2.75) is 19.8 Å². The van der Waals surface area contributed by atoms with Crippen molar-refractivity contribution in [3.05, 3.63) is 46.2 Å². The van der Waals surface area contributed by atoms with E-state index >= 15 is 0 Å². The molecule has 3 rings (SSSR count). The van der Waals surface area contributed by atoms with E-state index in [1.807, 2.05) is 36.6 Å². The molecule has 4 nitrogen and oxygen atoms in total. The number of carbonyl (C=O) groups excluding carboxylic acids is 2. The zero-order chi connectivity index (χ0) is 14.8. The van der Waals surface area contributed by atoms with Gasteiger partial charge in [0.1, 0.15) is 0 Å². The summed E-state index contributed by atoms with van der Waals surface area (Å²) >= 11 is 1.41. The van der Waals surface area contributed by atoms with Crippen LogP contribution in [0.3, 0.4) is 0 Å². The molecule has 0 atom stereocenters. The van der Waals surface area contributed by atoms with E-state index in [0.29, 0.717) is 17.0 Å². The van der Waals surface area contributed by atoms with E-state index in [9.17, 15) is 9.59 Å². The number of rotatable bonds is 3. The highest BCUT2D eigenvalue weighted by molar-refractivity contribution is 7.12. The Morgan fingerprint density at radius 2 is 2.19 bits per heavy atom. The van der Waals surface area contributed by atoms with Gasteiger partial charge in [0.15, 0.2) is 0 Å². The average Bonchev–Trinajstić information content (AvgIpc) is 3.12. The summed E-state index contributed by atoms with van der Waals surface area (Å²) in [4.78, 5) is 26.4. The first-order chi connectivity index (χ1) is 10.1. The maximum Gasteiger partial charge on any atom is 0.265 e. The lowest BCUT2D eigenvalue weighted by molar-refractivity contribution is -0.117. The van der Waals surface area contributed by atoms with Crippen molar-refractivity contribution < 1.29 is 9.59 Å². The standard InChI is InChI=1S/C16H16N2O2S/c1-11-6-7-12(17-16(20)14-4-3-9-21-14)10-13(11)18-8-2-5-15(18)19/h3-4,6-7,9-10H,2,5,8H2,1H3,(H,17,20). The quantitative estimate of drug-likeness (QED) is 0.944. The Bertz CT molecular complexity index is 680. The number of nitrogens with zero attached hydrogens (tertiary/aromatic N) is 1. The third-order valence-corrected chi connectivity index (χ3v) is 4.44. The summed E-state index contributed by atoms with van der Waals surface area (Å²) in [5, 5.41) is 4.76. The topological polar surface area (TPSA) is 49.4 Å². The molecule has 1 fully saturated rings. The predicted octanol–water partition coefficient (Wildman–Crippen LogP) is 3.44. The third kappa shape index (κ3) is 2.83. The zero-order valence-electron chi connectivity index (χ0n) is 11.8. The van der Waals surface area contributed by atoms with Crippen molar-refractivity contribution in [1.29, 1.82) is 0 Å². The summed E-state index contributed by atoms with van der Waals surface area (Å²) in [6, 6.07) is 9.32. The average molecular weight is 300 g/mol. The summed E-state index contributed by atoms with van der Waals surface area (Å²) in [5.41, 5.74) is 2.65.